The molecular formula is C12H19FNO2+. The van der Waals surface area contributed by atoms with Gasteiger partial charge in [0.15, 0.2) is 11.6 Å². The fourth-order valence-electron chi connectivity index (χ4n) is 1.37. The van der Waals surface area contributed by atoms with Crippen molar-refractivity contribution in [3.05, 3.63) is 30.1 Å². The molecule has 0 saturated carbocycles. The summed E-state index contributed by atoms with van der Waals surface area (Å²) in [5.74, 6) is 0.0104. The Morgan fingerprint density at radius 2 is 2.00 bits per heavy atom. The molecule has 1 rings (SSSR count). The van der Waals surface area contributed by atoms with Crippen LogP contribution in [0.15, 0.2) is 24.3 Å². The van der Waals surface area contributed by atoms with E-state index in [1.807, 2.05) is 0 Å². The van der Waals surface area contributed by atoms with Gasteiger partial charge in [0.25, 0.3) is 0 Å². The topological polar surface area (TPSA) is 46.1 Å². The molecule has 0 spiro atoms. The maximum absolute atomic E-state index is 13.1. The number of unbranched alkanes of at least 4 members (excludes halogenated alkanes) is 1. The smallest absolute Gasteiger partial charge is 0.165 e. The molecule has 0 bridgehead atoms. The van der Waals surface area contributed by atoms with Crippen molar-refractivity contribution in [2.75, 3.05) is 26.3 Å². The Morgan fingerprint density at radius 3 is 2.75 bits per heavy atom. The number of ether oxygens (including phenoxy) is 1. The third-order valence-electron chi connectivity index (χ3n) is 2.23. The van der Waals surface area contributed by atoms with Gasteiger partial charge >= 0.3 is 0 Å². The second kappa shape index (κ2) is 8.07. The molecule has 4 heteroatoms. The van der Waals surface area contributed by atoms with E-state index in [0.29, 0.717) is 12.4 Å². The van der Waals surface area contributed by atoms with Crippen LogP contribution in [0.1, 0.15) is 12.8 Å². The van der Waals surface area contributed by atoms with E-state index in [-0.39, 0.29) is 12.4 Å². The standard InChI is InChI=1S/C12H18FNO2/c13-11-5-1-2-6-12(11)16-10-4-3-7-14-8-9-15/h1-2,5-6,14-15H,3-4,7-10H2/p+1. The number of para-hydroxylation sites is 1. The zero-order valence-electron chi connectivity index (χ0n) is 9.36. The number of nitrogens with two attached hydrogens (primary N) is 1. The number of quaternary nitrogens is 1. The highest BCUT2D eigenvalue weighted by Gasteiger charge is 2.00. The highest BCUT2D eigenvalue weighted by molar-refractivity contribution is 5.23. The largest absolute Gasteiger partial charge is 0.491 e. The van der Waals surface area contributed by atoms with E-state index < -0.39 is 0 Å². The summed E-state index contributed by atoms with van der Waals surface area (Å²) in [6.45, 7) is 2.47. The van der Waals surface area contributed by atoms with E-state index in [4.69, 9.17) is 9.84 Å². The van der Waals surface area contributed by atoms with Crippen LogP contribution >= 0.6 is 0 Å². The average molecular weight is 228 g/mol. The Balaban J connectivity index is 2.05. The molecule has 0 heterocycles. The normalized spacial score (nSPS) is 10.4. The number of benzene rings is 1. The Bertz CT molecular complexity index is 294. The maximum Gasteiger partial charge on any atom is 0.165 e. The van der Waals surface area contributed by atoms with Crippen molar-refractivity contribution in [2.45, 2.75) is 12.8 Å². The minimum absolute atomic E-state index is 0.214. The molecule has 90 valence electrons. The van der Waals surface area contributed by atoms with Crippen molar-refractivity contribution in [1.29, 1.82) is 0 Å². The quantitative estimate of drug-likeness (QED) is 0.638. The van der Waals surface area contributed by atoms with Crippen LogP contribution in [0.25, 0.3) is 0 Å². The minimum Gasteiger partial charge on any atom is -0.491 e. The van der Waals surface area contributed by atoms with E-state index in [9.17, 15) is 4.39 Å². The molecule has 0 fully saturated rings. The second-order valence-electron chi connectivity index (χ2n) is 3.58. The van der Waals surface area contributed by atoms with Gasteiger partial charge in [-0.25, -0.2) is 4.39 Å². The molecule has 0 aromatic heterocycles. The summed E-state index contributed by atoms with van der Waals surface area (Å²) in [6, 6.07) is 6.43. The predicted octanol–water partition coefficient (Wildman–Crippen LogP) is 0.540. The summed E-state index contributed by atoms with van der Waals surface area (Å²) in [4.78, 5) is 0. The lowest BCUT2D eigenvalue weighted by atomic mass is 10.3. The first-order valence-electron chi connectivity index (χ1n) is 5.64. The lowest BCUT2D eigenvalue weighted by Gasteiger charge is -2.06. The van der Waals surface area contributed by atoms with Crippen LogP contribution in [0.3, 0.4) is 0 Å². The molecule has 0 aliphatic rings. The molecule has 0 aliphatic carbocycles. The van der Waals surface area contributed by atoms with Gasteiger partial charge in [-0.05, 0) is 25.0 Å². The third-order valence-corrected chi connectivity index (χ3v) is 2.23. The monoisotopic (exact) mass is 228 g/mol. The zero-order valence-corrected chi connectivity index (χ0v) is 9.36. The fraction of sp³-hybridized carbons (Fsp3) is 0.500. The van der Waals surface area contributed by atoms with Gasteiger partial charge in [0.05, 0.1) is 26.3 Å². The Labute approximate surface area is 95.2 Å². The average Bonchev–Trinajstić information content (AvgIpc) is 2.30. The number of aliphatic hydroxyl groups excluding tert-OH is 1. The van der Waals surface area contributed by atoms with Gasteiger partial charge in [-0.1, -0.05) is 12.1 Å². The van der Waals surface area contributed by atoms with Gasteiger partial charge in [-0.15, -0.1) is 0 Å². The molecule has 3 N–H and O–H groups in total. The summed E-state index contributed by atoms with van der Waals surface area (Å²) < 4.78 is 18.4. The molecule has 1 aromatic rings. The highest BCUT2D eigenvalue weighted by Crippen LogP contribution is 2.15. The molecule has 1 aromatic carbocycles. The van der Waals surface area contributed by atoms with Crippen molar-refractivity contribution in [1.82, 2.24) is 0 Å². The molecule has 0 saturated heterocycles. The Morgan fingerprint density at radius 1 is 1.19 bits per heavy atom. The van der Waals surface area contributed by atoms with E-state index in [2.05, 4.69) is 5.32 Å². The first-order valence-corrected chi connectivity index (χ1v) is 5.64. The van der Waals surface area contributed by atoms with Gasteiger partial charge in [0, 0.05) is 0 Å². The van der Waals surface area contributed by atoms with Crippen molar-refractivity contribution in [3.8, 4) is 5.75 Å². The number of rotatable bonds is 8. The summed E-state index contributed by atoms with van der Waals surface area (Å²) in [5, 5.41) is 10.6. The first-order chi connectivity index (χ1) is 7.84. The molecule has 0 aliphatic heterocycles. The summed E-state index contributed by atoms with van der Waals surface area (Å²) in [5.41, 5.74) is 0. The second-order valence-corrected chi connectivity index (χ2v) is 3.58. The number of hydrogen-bond donors (Lipinski definition) is 2. The van der Waals surface area contributed by atoms with E-state index in [0.717, 1.165) is 25.9 Å². The lowest BCUT2D eigenvalue weighted by Crippen LogP contribution is -2.85. The van der Waals surface area contributed by atoms with Gasteiger partial charge in [-0.3, -0.25) is 0 Å². The molecule has 3 nitrogen and oxygen atoms in total. The fourth-order valence-corrected chi connectivity index (χ4v) is 1.37. The van der Waals surface area contributed by atoms with Crippen LogP contribution in [0.4, 0.5) is 4.39 Å². The first kappa shape index (κ1) is 12.9. The van der Waals surface area contributed by atoms with Crippen LogP contribution in [0.5, 0.6) is 5.75 Å². The zero-order chi connectivity index (χ0) is 11.6. The van der Waals surface area contributed by atoms with Crippen molar-refractivity contribution in [3.63, 3.8) is 0 Å². The molecule has 16 heavy (non-hydrogen) atoms. The summed E-state index contributed by atoms with van der Waals surface area (Å²) in [6.07, 6.45) is 1.91. The number of aliphatic hydroxyl groups is 1. The summed E-state index contributed by atoms with van der Waals surface area (Å²) in [7, 11) is 0. The van der Waals surface area contributed by atoms with Crippen molar-refractivity contribution < 1.29 is 19.6 Å². The number of halogens is 1. The van der Waals surface area contributed by atoms with Crippen LogP contribution in [-0.4, -0.2) is 31.4 Å². The predicted molar refractivity (Wildman–Crippen MR) is 59.9 cm³/mol. The van der Waals surface area contributed by atoms with Crippen LogP contribution < -0.4 is 10.1 Å². The highest BCUT2D eigenvalue weighted by atomic mass is 19.1. The van der Waals surface area contributed by atoms with Gasteiger partial charge in [0.2, 0.25) is 0 Å². The Hall–Kier alpha value is -1.13. The maximum atomic E-state index is 13.1. The minimum atomic E-state index is -0.311. The summed E-state index contributed by atoms with van der Waals surface area (Å²) >= 11 is 0. The molecule has 0 atom stereocenters. The van der Waals surface area contributed by atoms with Gasteiger partial charge in [0.1, 0.15) is 0 Å². The lowest BCUT2D eigenvalue weighted by molar-refractivity contribution is -0.656. The molecule has 0 radical (unpaired) electrons. The number of hydrogen-bond acceptors (Lipinski definition) is 2. The van der Waals surface area contributed by atoms with Gasteiger partial charge < -0.3 is 15.2 Å². The van der Waals surface area contributed by atoms with Crippen molar-refractivity contribution in [2.24, 2.45) is 0 Å². The SMILES string of the molecule is OCC[NH2+]CCCCOc1ccccc1F. The molecular weight excluding hydrogens is 209 g/mol. The van der Waals surface area contributed by atoms with E-state index in [1.54, 1.807) is 18.2 Å². The molecule has 0 amide bonds. The van der Waals surface area contributed by atoms with Crippen LogP contribution in [-0.2, 0) is 0 Å². The van der Waals surface area contributed by atoms with Crippen LogP contribution in [0, 0.1) is 5.82 Å². The van der Waals surface area contributed by atoms with E-state index >= 15 is 0 Å². The van der Waals surface area contributed by atoms with E-state index in [1.165, 1.54) is 6.07 Å². The van der Waals surface area contributed by atoms with Crippen LogP contribution in [0.2, 0.25) is 0 Å². The Kier molecular flexibility index (Phi) is 6.53. The van der Waals surface area contributed by atoms with Crippen molar-refractivity contribution >= 4 is 0 Å². The molecule has 0 unspecified atom stereocenters. The van der Waals surface area contributed by atoms with Gasteiger partial charge in [-0.2, -0.15) is 0 Å². The third kappa shape index (κ3) is 5.09.